The van der Waals surface area contributed by atoms with Crippen LogP contribution in [0.15, 0.2) is 12.3 Å². The molecule has 6 nitrogen and oxygen atoms in total. The number of hydrogen-bond acceptors (Lipinski definition) is 5. The molecule has 21 heavy (non-hydrogen) atoms. The van der Waals surface area contributed by atoms with Crippen LogP contribution in [0.25, 0.3) is 5.78 Å². The minimum atomic E-state index is -0.151. The van der Waals surface area contributed by atoms with Crippen molar-refractivity contribution in [1.82, 2.24) is 19.3 Å². The third-order valence-electron chi connectivity index (χ3n) is 4.01. The zero-order chi connectivity index (χ0) is 15.0. The predicted octanol–water partition coefficient (Wildman–Crippen LogP) is 1.48. The van der Waals surface area contributed by atoms with E-state index >= 15 is 0 Å². The summed E-state index contributed by atoms with van der Waals surface area (Å²) in [5, 5.41) is 0. The molecule has 0 amide bonds. The maximum Gasteiger partial charge on any atom is 0.323 e. The maximum absolute atomic E-state index is 11.8. The second-order valence-corrected chi connectivity index (χ2v) is 5.59. The molecule has 0 aromatic carbocycles. The first kappa shape index (κ1) is 14.0. The van der Waals surface area contributed by atoms with Crippen LogP contribution in [0.4, 0.5) is 0 Å². The molecule has 2 aromatic heterocycles. The number of aryl methyl sites for hydroxylation is 2. The van der Waals surface area contributed by atoms with E-state index in [1.165, 1.54) is 7.11 Å². The van der Waals surface area contributed by atoms with Gasteiger partial charge in [-0.2, -0.15) is 0 Å². The summed E-state index contributed by atoms with van der Waals surface area (Å²) in [4.78, 5) is 22.9. The lowest BCUT2D eigenvalue weighted by molar-refractivity contribution is -0.146. The summed E-state index contributed by atoms with van der Waals surface area (Å²) in [7, 11) is 1.44. The van der Waals surface area contributed by atoms with E-state index in [1.54, 1.807) is 0 Å². The van der Waals surface area contributed by atoms with E-state index in [0.717, 1.165) is 42.2 Å². The number of carbonyl (C=O) groups excluding carboxylic acids is 1. The molecule has 1 saturated heterocycles. The fraction of sp³-hybridized carbons (Fsp3) is 0.533. The van der Waals surface area contributed by atoms with Gasteiger partial charge in [0, 0.05) is 24.1 Å². The summed E-state index contributed by atoms with van der Waals surface area (Å²) in [6.45, 7) is 5.57. The van der Waals surface area contributed by atoms with Gasteiger partial charge in [0.15, 0.2) is 0 Å². The van der Waals surface area contributed by atoms with Gasteiger partial charge in [0.2, 0.25) is 5.78 Å². The topological polar surface area (TPSA) is 59.7 Å². The van der Waals surface area contributed by atoms with E-state index in [0.29, 0.717) is 6.54 Å². The largest absolute Gasteiger partial charge is 0.468 e. The van der Waals surface area contributed by atoms with Gasteiger partial charge in [0.1, 0.15) is 6.04 Å². The molecule has 1 aliphatic rings. The number of imidazole rings is 1. The first-order valence-electron chi connectivity index (χ1n) is 7.22. The van der Waals surface area contributed by atoms with Gasteiger partial charge in [-0.25, -0.2) is 9.97 Å². The Morgan fingerprint density at radius 3 is 3.00 bits per heavy atom. The zero-order valence-corrected chi connectivity index (χ0v) is 12.7. The number of likely N-dealkylation sites (tertiary alicyclic amines) is 1. The van der Waals surface area contributed by atoms with Crippen molar-refractivity contribution in [2.45, 2.75) is 39.3 Å². The van der Waals surface area contributed by atoms with Crippen LogP contribution in [-0.2, 0) is 16.1 Å². The normalized spacial score (nSPS) is 19.3. The van der Waals surface area contributed by atoms with Gasteiger partial charge in [-0.1, -0.05) is 0 Å². The number of carbonyl (C=O) groups is 1. The molecule has 1 unspecified atom stereocenters. The molecule has 0 bridgehead atoms. The van der Waals surface area contributed by atoms with Gasteiger partial charge in [-0.3, -0.25) is 14.1 Å². The molecule has 0 radical (unpaired) electrons. The molecule has 2 aromatic rings. The highest BCUT2D eigenvalue weighted by Gasteiger charge is 2.31. The molecule has 0 N–H and O–H groups in total. The molecule has 0 aliphatic carbocycles. The molecule has 3 rings (SSSR count). The van der Waals surface area contributed by atoms with Crippen LogP contribution in [-0.4, -0.2) is 44.9 Å². The van der Waals surface area contributed by atoms with Gasteiger partial charge in [-0.15, -0.1) is 0 Å². The standard InChI is InChI=1S/C15H20N4O2/c1-10-7-11(2)19-9-12(17-15(19)16-10)8-18-6-4-5-13(18)14(20)21-3/h7,9,13H,4-6,8H2,1-3H3. The minimum Gasteiger partial charge on any atom is -0.468 e. The number of ether oxygens (including phenoxy) is 1. The van der Waals surface area contributed by atoms with E-state index in [1.807, 2.05) is 30.5 Å². The lowest BCUT2D eigenvalue weighted by atomic mass is 10.2. The smallest absolute Gasteiger partial charge is 0.323 e. The number of nitrogens with zero attached hydrogens (tertiary/aromatic N) is 4. The molecule has 1 fully saturated rings. The van der Waals surface area contributed by atoms with Gasteiger partial charge < -0.3 is 4.74 Å². The molecule has 6 heteroatoms. The number of aromatic nitrogens is 3. The van der Waals surface area contributed by atoms with Gasteiger partial charge in [0.05, 0.1) is 12.8 Å². The summed E-state index contributed by atoms with van der Waals surface area (Å²) < 4.78 is 6.87. The Morgan fingerprint density at radius 1 is 1.43 bits per heavy atom. The number of fused-ring (bicyclic) bond motifs is 1. The van der Waals surface area contributed by atoms with Crippen molar-refractivity contribution < 1.29 is 9.53 Å². The van der Waals surface area contributed by atoms with Crippen LogP contribution in [0.3, 0.4) is 0 Å². The summed E-state index contributed by atoms with van der Waals surface area (Å²) in [5.74, 6) is 0.567. The Hall–Kier alpha value is -1.95. The van der Waals surface area contributed by atoms with Crippen molar-refractivity contribution in [3.05, 3.63) is 29.3 Å². The van der Waals surface area contributed by atoms with E-state index in [-0.39, 0.29) is 12.0 Å². The van der Waals surface area contributed by atoms with Gasteiger partial charge in [-0.05, 0) is 39.3 Å². The Morgan fingerprint density at radius 2 is 2.24 bits per heavy atom. The number of methoxy groups -OCH3 is 1. The van der Waals surface area contributed by atoms with Crippen LogP contribution in [0.1, 0.15) is 29.9 Å². The second kappa shape index (κ2) is 5.44. The van der Waals surface area contributed by atoms with E-state index in [4.69, 9.17) is 4.74 Å². The average Bonchev–Trinajstić information content (AvgIpc) is 3.05. The Kier molecular flexibility index (Phi) is 3.63. The van der Waals surface area contributed by atoms with Crippen LogP contribution < -0.4 is 0 Å². The Bertz CT molecular complexity index is 680. The van der Waals surface area contributed by atoms with Crippen molar-refractivity contribution in [3.63, 3.8) is 0 Å². The van der Waals surface area contributed by atoms with Crippen LogP contribution >= 0.6 is 0 Å². The SMILES string of the molecule is COC(=O)C1CCCN1Cc1cn2c(C)cc(C)nc2n1. The molecule has 1 aliphatic heterocycles. The van der Waals surface area contributed by atoms with E-state index < -0.39 is 0 Å². The van der Waals surface area contributed by atoms with Crippen molar-refractivity contribution in [3.8, 4) is 0 Å². The lowest BCUT2D eigenvalue weighted by Gasteiger charge is -2.20. The highest BCUT2D eigenvalue weighted by Crippen LogP contribution is 2.21. The number of esters is 1. The van der Waals surface area contributed by atoms with Gasteiger partial charge >= 0.3 is 5.97 Å². The summed E-state index contributed by atoms with van der Waals surface area (Å²) in [5.41, 5.74) is 3.01. The summed E-state index contributed by atoms with van der Waals surface area (Å²) in [6, 6.07) is 1.89. The first-order valence-corrected chi connectivity index (χ1v) is 7.22. The number of hydrogen-bond donors (Lipinski definition) is 0. The monoisotopic (exact) mass is 288 g/mol. The van der Waals surface area contributed by atoms with E-state index in [9.17, 15) is 4.79 Å². The van der Waals surface area contributed by atoms with Crippen molar-refractivity contribution in [1.29, 1.82) is 0 Å². The molecule has 0 spiro atoms. The van der Waals surface area contributed by atoms with Crippen LogP contribution in [0.5, 0.6) is 0 Å². The fourth-order valence-electron chi connectivity index (χ4n) is 3.02. The maximum atomic E-state index is 11.8. The van der Waals surface area contributed by atoms with Crippen molar-refractivity contribution in [2.75, 3.05) is 13.7 Å². The molecule has 0 saturated carbocycles. The summed E-state index contributed by atoms with van der Waals surface area (Å²) >= 11 is 0. The molecular weight excluding hydrogens is 268 g/mol. The minimum absolute atomic E-state index is 0.143. The fourth-order valence-corrected chi connectivity index (χ4v) is 3.02. The number of rotatable bonds is 3. The second-order valence-electron chi connectivity index (χ2n) is 5.59. The summed E-state index contributed by atoms with van der Waals surface area (Å²) in [6.07, 6.45) is 3.88. The quantitative estimate of drug-likeness (QED) is 0.801. The van der Waals surface area contributed by atoms with Crippen LogP contribution in [0, 0.1) is 13.8 Å². The zero-order valence-electron chi connectivity index (χ0n) is 12.7. The Balaban J connectivity index is 1.85. The molecule has 112 valence electrons. The van der Waals surface area contributed by atoms with Crippen LogP contribution in [0.2, 0.25) is 0 Å². The predicted molar refractivity (Wildman–Crippen MR) is 77.9 cm³/mol. The molecule has 1 atom stereocenters. The molecule has 3 heterocycles. The molecular formula is C15H20N4O2. The first-order chi connectivity index (χ1) is 10.1. The van der Waals surface area contributed by atoms with Crippen molar-refractivity contribution >= 4 is 11.7 Å². The third-order valence-corrected chi connectivity index (χ3v) is 4.01. The third kappa shape index (κ3) is 2.63. The van der Waals surface area contributed by atoms with E-state index in [2.05, 4.69) is 14.9 Å². The Labute approximate surface area is 123 Å². The lowest BCUT2D eigenvalue weighted by Crippen LogP contribution is -2.36. The average molecular weight is 288 g/mol. The highest BCUT2D eigenvalue weighted by atomic mass is 16.5. The van der Waals surface area contributed by atoms with Gasteiger partial charge in [0.25, 0.3) is 0 Å². The van der Waals surface area contributed by atoms with Crippen molar-refractivity contribution in [2.24, 2.45) is 0 Å². The highest BCUT2D eigenvalue weighted by molar-refractivity contribution is 5.75.